The average molecular weight is 315 g/mol. The first-order chi connectivity index (χ1) is 9.79. The second kappa shape index (κ2) is 5.57. The van der Waals surface area contributed by atoms with Crippen LogP contribution in [0.2, 0.25) is 5.28 Å². The standard InChI is InChI=1S/C12H9ClF2N4O2/c1-5-3-8(15)9(4-7(5)14)17-11-10(19(20)21)6(2)16-12(13)18-11/h3-4H,1-2H3,(H,16,17,18). The van der Waals surface area contributed by atoms with Gasteiger partial charge in [0.15, 0.2) is 0 Å². The summed E-state index contributed by atoms with van der Waals surface area (Å²) in [6.45, 7) is 2.76. The molecule has 9 heteroatoms. The number of anilines is 2. The van der Waals surface area contributed by atoms with Gasteiger partial charge in [-0.25, -0.2) is 13.8 Å². The maximum atomic E-state index is 13.8. The van der Waals surface area contributed by atoms with Crippen molar-refractivity contribution < 1.29 is 13.7 Å². The molecule has 1 aromatic heterocycles. The van der Waals surface area contributed by atoms with E-state index in [9.17, 15) is 18.9 Å². The van der Waals surface area contributed by atoms with Gasteiger partial charge in [-0.1, -0.05) is 0 Å². The molecule has 21 heavy (non-hydrogen) atoms. The molecule has 6 nitrogen and oxygen atoms in total. The minimum absolute atomic E-state index is 0.00971. The summed E-state index contributed by atoms with van der Waals surface area (Å²) in [5.41, 5.74) is -0.616. The Labute approximate surface area is 122 Å². The zero-order chi connectivity index (χ0) is 15.7. The number of aromatic nitrogens is 2. The number of halogens is 3. The molecular formula is C12H9ClF2N4O2. The summed E-state index contributed by atoms with van der Waals surface area (Å²) >= 11 is 5.64. The van der Waals surface area contributed by atoms with Crippen LogP contribution in [0, 0.1) is 35.6 Å². The minimum Gasteiger partial charge on any atom is -0.332 e. The Balaban J connectivity index is 2.54. The number of rotatable bonds is 3. The van der Waals surface area contributed by atoms with Crippen molar-refractivity contribution in [3.05, 3.63) is 50.4 Å². The van der Waals surface area contributed by atoms with Crippen molar-refractivity contribution in [1.29, 1.82) is 0 Å². The predicted molar refractivity (Wildman–Crippen MR) is 72.8 cm³/mol. The average Bonchev–Trinajstić information content (AvgIpc) is 2.34. The highest BCUT2D eigenvalue weighted by atomic mass is 35.5. The molecule has 0 aliphatic carbocycles. The highest BCUT2D eigenvalue weighted by molar-refractivity contribution is 6.28. The summed E-state index contributed by atoms with van der Waals surface area (Å²) < 4.78 is 27.3. The maximum Gasteiger partial charge on any atom is 0.332 e. The Bertz CT molecular complexity index is 740. The zero-order valence-electron chi connectivity index (χ0n) is 10.9. The third-order valence-electron chi connectivity index (χ3n) is 2.71. The smallest absolute Gasteiger partial charge is 0.332 e. The lowest BCUT2D eigenvalue weighted by Gasteiger charge is -2.09. The molecule has 0 aliphatic heterocycles. The van der Waals surface area contributed by atoms with E-state index in [4.69, 9.17) is 11.6 Å². The van der Waals surface area contributed by atoms with Crippen molar-refractivity contribution in [1.82, 2.24) is 9.97 Å². The third kappa shape index (κ3) is 3.05. The lowest BCUT2D eigenvalue weighted by Crippen LogP contribution is -2.05. The molecule has 110 valence electrons. The quantitative estimate of drug-likeness (QED) is 0.531. The molecule has 2 aromatic rings. The summed E-state index contributed by atoms with van der Waals surface area (Å²) in [5, 5.41) is 13.2. The van der Waals surface area contributed by atoms with E-state index in [1.54, 1.807) is 0 Å². The van der Waals surface area contributed by atoms with E-state index in [1.807, 2.05) is 0 Å². The van der Waals surface area contributed by atoms with Crippen LogP contribution in [0.1, 0.15) is 11.3 Å². The molecule has 0 amide bonds. The van der Waals surface area contributed by atoms with Gasteiger partial charge in [-0.15, -0.1) is 0 Å². The van der Waals surface area contributed by atoms with Crippen LogP contribution in [0.5, 0.6) is 0 Å². The molecule has 0 fully saturated rings. The van der Waals surface area contributed by atoms with Crippen LogP contribution in [0.15, 0.2) is 12.1 Å². The monoisotopic (exact) mass is 314 g/mol. The largest absolute Gasteiger partial charge is 0.332 e. The van der Waals surface area contributed by atoms with Gasteiger partial charge in [0.25, 0.3) is 0 Å². The molecule has 0 bridgehead atoms. The van der Waals surface area contributed by atoms with Crippen molar-refractivity contribution in [3.63, 3.8) is 0 Å². The molecule has 0 saturated carbocycles. The molecule has 1 heterocycles. The van der Waals surface area contributed by atoms with Crippen molar-refractivity contribution in [3.8, 4) is 0 Å². The van der Waals surface area contributed by atoms with Crippen molar-refractivity contribution >= 4 is 28.8 Å². The summed E-state index contributed by atoms with van der Waals surface area (Å²) in [6.07, 6.45) is 0. The van der Waals surface area contributed by atoms with Crippen LogP contribution in [0.25, 0.3) is 0 Å². The zero-order valence-corrected chi connectivity index (χ0v) is 11.7. The number of nitro groups is 1. The van der Waals surface area contributed by atoms with Crippen LogP contribution in [-0.4, -0.2) is 14.9 Å². The lowest BCUT2D eigenvalue weighted by molar-refractivity contribution is -0.385. The van der Waals surface area contributed by atoms with Crippen LogP contribution in [0.4, 0.5) is 26.0 Å². The normalized spacial score (nSPS) is 10.5. The summed E-state index contributed by atoms with van der Waals surface area (Å²) in [6, 6.07) is 1.86. The van der Waals surface area contributed by atoms with Gasteiger partial charge in [0, 0.05) is 6.07 Å². The molecular weight excluding hydrogens is 306 g/mol. The van der Waals surface area contributed by atoms with Crippen molar-refractivity contribution in [2.45, 2.75) is 13.8 Å². The molecule has 1 N–H and O–H groups in total. The van der Waals surface area contributed by atoms with Crippen molar-refractivity contribution in [2.75, 3.05) is 5.32 Å². The SMILES string of the molecule is Cc1cc(F)c(Nc2nc(Cl)nc(C)c2[N+](=O)[O-])cc1F. The fourth-order valence-electron chi connectivity index (χ4n) is 1.71. The lowest BCUT2D eigenvalue weighted by atomic mass is 10.2. The summed E-state index contributed by atoms with van der Waals surface area (Å²) in [4.78, 5) is 17.6. The van der Waals surface area contributed by atoms with Gasteiger partial charge in [0.2, 0.25) is 11.1 Å². The maximum absolute atomic E-state index is 13.8. The van der Waals surface area contributed by atoms with Gasteiger partial charge < -0.3 is 5.32 Å². The first kappa shape index (κ1) is 15.0. The third-order valence-corrected chi connectivity index (χ3v) is 2.88. The van der Waals surface area contributed by atoms with E-state index in [-0.39, 0.29) is 28.0 Å². The number of hydrogen-bond acceptors (Lipinski definition) is 5. The molecule has 0 radical (unpaired) electrons. The van der Waals surface area contributed by atoms with E-state index < -0.39 is 22.2 Å². The predicted octanol–water partition coefficient (Wildman–Crippen LogP) is 3.68. The number of benzene rings is 1. The highest BCUT2D eigenvalue weighted by Crippen LogP contribution is 2.30. The van der Waals surface area contributed by atoms with Crippen LogP contribution in [0.3, 0.4) is 0 Å². The van der Waals surface area contributed by atoms with Crippen molar-refractivity contribution in [2.24, 2.45) is 0 Å². The number of hydrogen-bond donors (Lipinski definition) is 1. The Morgan fingerprint density at radius 2 is 1.90 bits per heavy atom. The van der Waals surface area contributed by atoms with Gasteiger partial charge in [-0.05, 0) is 37.1 Å². The van der Waals surface area contributed by atoms with E-state index in [0.717, 1.165) is 12.1 Å². The van der Waals surface area contributed by atoms with E-state index in [0.29, 0.717) is 0 Å². The molecule has 0 atom stereocenters. The second-order valence-electron chi connectivity index (χ2n) is 4.24. The molecule has 0 saturated heterocycles. The minimum atomic E-state index is -0.768. The second-order valence-corrected chi connectivity index (χ2v) is 4.58. The number of aryl methyl sites for hydroxylation is 2. The van der Waals surface area contributed by atoms with Gasteiger partial charge in [-0.3, -0.25) is 10.1 Å². The fraction of sp³-hybridized carbons (Fsp3) is 0.167. The van der Waals surface area contributed by atoms with Gasteiger partial charge in [0.1, 0.15) is 17.3 Å². The van der Waals surface area contributed by atoms with Gasteiger partial charge >= 0.3 is 5.69 Å². The number of nitrogens with zero attached hydrogens (tertiary/aromatic N) is 3. The number of nitrogens with one attached hydrogen (secondary N) is 1. The van der Waals surface area contributed by atoms with Gasteiger partial charge in [-0.2, -0.15) is 4.98 Å². The molecule has 2 rings (SSSR count). The van der Waals surface area contributed by atoms with E-state index in [2.05, 4.69) is 15.3 Å². The highest BCUT2D eigenvalue weighted by Gasteiger charge is 2.23. The first-order valence-corrected chi connectivity index (χ1v) is 6.08. The van der Waals surface area contributed by atoms with Crippen LogP contribution >= 0.6 is 11.6 Å². The topological polar surface area (TPSA) is 81.0 Å². The summed E-state index contributed by atoms with van der Waals surface area (Å²) in [7, 11) is 0. The Morgan fingerprint density at radius 3 is 2.52 bits per heavy atom. The summed E-state index contributed by atoms with van der Waals surface area (Å²) in [5.74, 6) is -1.73. The molecule has 1 aromatic carbocycles. The Kier molecular flexibility index (Phi) is 3.99. The Hall–Kier alpha value is -2.35. The van der Waals surface area contributed by atoms with E-state index in [1.165, 1.54) is 13.8 Å². The van der Waals surface area contributed by atoms with Gasteiger partial charge in [0.05, 0.1) is 10.6 Å². The fourth-order valence-corrected chi connectivity index (χ4v) is 1.92. The Morgan fingerprint density at radius 1 is 1.24 bits per heavy atom. The molecule has 0 unspecified atom stereocenters. The van der Waals surface area contributed by atoms with Crippen LogP contribution in [-0.2, 0) is 0 Å². The van der Waals surface area contributed by atoms with Crippen LogP contribution < -0.4 is 5.32 Å². The molecule has 0 spiro atoms. The first-order valence-electron chi connectivity index (χ1n) is 5.70. The van der Waals surface area contributed by atoms with E-state index >= 15 is 0 Å². The molecule has 0 aliphatic rings.